The van der Waals surface area contributed by atoms with Crippen molar-refractivity contribution in [1.29, 1.82) is 0 Å². The van der Waals surface area contributed by atoms with Crippen molar-refractivity contribution in [2.75, 3.05) is 18.4 Å². The van der Waals surface area contributed by atoms with Gasteiger partial charge in [-0.15, -0.1) is 0 Å². The summed E-state index contributed by atoms with van der Waals surface area (Å²) in [5.74, 6) is -2.39. The summed E-state index contributed by atoms with van der Waals surface area (Å²) in [6.45, 7) is 0.362. The number of nitrogens with one attached hydrogen (secondary N) is 1. The number of piperidine rings is 1. The minimum Gasteiger partial charge on any atom is -0.326 e. The SMILES string of the molecule is O=C(Nc1cc(F)cc(F)c1)C1CCN(S(=O)(=O)c2ccc(Cl)cc2)CC1. The lowest BCUT2D eigenvalue weighted by molar-refractivity contribution is -0.120. The maximum absolute atomic E-state index is 13.2. The molecule has 1 aliphatic heterocycles. The van der Waals surface area contributed by atoms with Gasteiger partial charge in [0.05, 0.1) is 4.90 Å². The van der Waals surface area contributed by atoms with E-state index in [1.165, 1.54) is 28.6 Å². The van der Waals surface area contributed by atoms with Crippen molar-refractivity contribution in [1.82, 2.24) is 4.31 Å². The Kier molecular flexibility index (Phi) is 5.78. The van der Waals surface area contributed by atoms with Gasteiger partial charge in [0.25, 0.3) is 0 Å². The van der Waals surface area contributed by atoms with E-state index in [2.05, 4.69) is 5.32 Å². The van der Waals surface area contributed by atoms with E-state index < -0.39 is 27.6 Å². The fourth-order valence-electron chi connectivity index (χ4n) is 2.98. The molecule has 0 aromatic heterocycles. The second kappa shape index (κ2) is 7.92. The summed E-state index contributed by atoms with van der Waals surface area (Å²) in [5, 5.41) is 2.93. The van der Waals surface area contributed by atoms with Gasteiger partial charge in [0.1, 0.15) is 11.6 Å². The Morgan fingerprint density at radius 3 is 2.15 bits per heavy atom. The summed E-state index contributed by atoms with van der Waals surface area (Å²) >= 11 is 5.79. The Bertz CT molecular complexity index is 923. The summed E-state index contributed by atoms with van der Waals surface area (Å²) < 4.78 is 53.0. The van der Waals surface area contributed by atoms with Crippen LogP contribution in [0.4, 0.5) is 14.5 Å². The van der Waals surface area contributed by atoms with Crippen molar-refractivity contribution in [3.63, 3.8) is 0 Å². The second-order valence-electron chi connectivity index (χ2n) is 6.28. The zero-order valence-corrected chi connectivity index (χ0v) is 15.7. The topological polar surface area (TPSA) is 66.5 Å². The van der Waals surface area contributed by atoms with E-state index >= 15 is 0 Å². The number of sulfonamides is 1. The first-order chi connectivity index (χ1) is 12.8. The van der Waals surface area contributed by atoms with Gasteiger partial charge in [0.15, 0.2) is 0 Å². The molecule has 0 unspecified atom stereocenters. The highest BCUT2D eigenvalue weighted by Crippen LogP contribution is 2.26. The molecule has 1 saturated heterocycles. The lowest BCUT2D eigenvalue weighted by Crippen LogP contribution is -2.41. The molecule has 0 bridgehead atoms. The van der Waals surface area contributed by atoms with Gasteiger partial charge in [-0.25, -0.2) is 17.2 Å². The molecule has 9 heteroatoms. The first-order valence-electron chi connectivity index (χ1n) is 8.28. The summed E-state index contributed by atoms with van der Waals surface area (Å²) in [4.78, 5) is 12.5. The molecule has 2 aromatic rings. The average molecular weight is 415 g/mol. The fraction of sp³-hybridized carbons (Fsp3) is 0.278. The van der Waals surface area contributed by atoms with E-state index in [0.29, 0.717) is 17.9 Å². The smallest absolute Gasteiger partial charge is 0.243 e. The zero-order valence-electron chi connectivity index (χ0n) is 14.2. The van der Waals surface area contributed by atoms with E-state index in [4.69, 9.17) is 11.6 Å². The Hall–Kier alpha value is -2.03. The molecule has 0 atom stereocenters. The lowest BCUT2D eigenvalue weighted by Gasteiger charge is -2.30. The molecule has 3 rings (SSSR count). The molecule has 27 heavy (non-hydrogen) atoms. The molecule has 144 valence electrons. The minimum absolute atomic E-state index is 0.0358. The van der Waals surface area contributed by atoms with Gasteiger partial charge in [-0.2, -0.15) is 4.31 Å². The molecule has 0 aliphatic carbocycles. The fourth-order valence-corrected chi connectivity index (χ4v) is 4.58. The maximum atomic E-state index is 13.2. The number of carbonyl (C=O) groups is 1. The van der Waals surface area contributed by atoms with E-state index in [-0.39, 0.29) is 29.6 Å². The third-order valence-corrected chi connectivity index (χ3v) is 6.57. The van der Waals surface area contributed by atoms with Gasteiger partial charge < -0.3 is 5.32 Å². The molecule has 0 spiro atoms. The highest BCUT2D eigenvalue weighted by atomic mass is 35.5. The summed E-state index contributed by atoms with van der Waals surface area (Å²) in [6, 6.07) is 8.67. The number of rotatable bonds is 4. The van der Waals surface area contributed by atoms with Crippen LogP contribution in [0.3, 0.4) is 0 Å². The van der Waals surface area contributed by atoms with Crippen LogP contribution in [0.5, 0.6) is 0 Å². The zero-order chi connectivity index (χ0) is 19.6. The van der Waals surface area contributed by atoms with Crippen LogP contribution in [0.15, 0.2) is 47.4 Å². The minimum atomic E-state index is -3.65. The molecule has 5 nitrogen and oxygen atoms in total. The standard InChI is InChI=1S/C18H17ClF2N2O3S/c19-13-1-3-17(4-2-13)27(25,26)23-7-5-12(6-8-23)18(24)22-16-10-14(20)9-15(21)11-16/h1-4,9-12H,5-8H2,(H,22,24). The quantitative estimate of drug-likeness (QED) is 0.830. The first-order valence-corrected chi connectivity index (χ1v) is 10.1. The molecule has 1 aliphatic rings. The molecule has 1 fully saturated rings. The normalized spacial score (nSPS) is 16.3. The molecule has 2 aromatic carbocycles. The van der Waals surface area contributed by atoms with Crippen LogP contribution >= 0.6 is 11.6 Å². The van der Waals surface area contributed by atoms with Gasteiger partial charge in [-0.3, -0.25) is 4.79 Å². The Morgan fingerprint density at radius 2 is 1.59 bits per heavy atom. The number of nitrogens with zero attached hydrogens (tertiary/aromatic N) is 1. The Morgan fingerprint density at radius 1 is 1.04 bits per heavy atom. The number of carbonyl (C=O) groups excluding carboxylic acids is 1. The van der Waals surface area contributed by atoms with Gasteiger partial charge >= 0.3 is 0 Å². The van der Waals surface area contributed by atoms with Crippen LogP contribution in [0, 0.1) is 17.6 Å². The van der Waals surface area contributed by atoms with Gasteiger partial charge in [0.2, 0.25) is 15.9 Å². The predicted molar refractivity (Wildman–Crippen MR) is 97.9 cm³/mol. The molecule has 0 saturated carbocycles. The van der Waals surface area contributed by atoms with Crippen LogP contribution < -0.4 is 5.32 Å². The Labute approximate surface area is 161 Å². The number of amides is 1. The first kappa shape index (κ1) is 19.7. The lowest BCUT2D eigenvalue weighted by atomic mass is 9.97. The van der Waals surface area contributed by atoms with Crippen molar-refractivity contribution in [2.24, 2.45) is 5.92 Å². The second-order valence-corrected chi connectivity index (χ2v) is 8.65. The third-order valence-electron chi connectivity index (χ3n) is 4.41. The highest BCUT2D eigenvalue weighted by Gasteiger charge is 2.32. The molecule has 1 N–H and O–H groups in total. The van der Waals surface area contributed by atoms with Crippen LogP contribution in [0.1, 0.15) is 12.8 Å². The van der Waals surface area contributed by atoms with Crippen LogP contribution in [-0.4, -0.2) is 31.7 Å². The number of anilines is 1. The van der Waals surface area contributed by atoms with Crippen LogP contribution in [-0.2, 0) is 14.8 Å². The van der Waals surface area contributed by atoms with Crippen molar-refractivity contribution in [3.8, 4) is 0 Å². The van der Waals surface area contributed by atoms with E-state index in [1.807, 2.05) is 0 Å². The summed E-state index contributed by atoms with van der Waals surface area (Å²) in [6.07, 6.45) is 0.632. The van der Waals surface area contributed by atoms with Crippen LogP contribution in [0.25, 0.3) is 0 Å². The summed E-state index contributed by atoms with van der Waals surface area (Å²) in [7, 11) is -3.65. The van der Waals surface area contributed by atoms with Crippen molar-refractivity contribution < 1.29 is 22.0 Å². The number of hydrogen-bond donors (Lipinski definition) is 1. The molecular weight excluding hydrogens is 398 g/mol. The molecule has 1 amide bonds. The average Bonchev–Trinajstić information content (AvgIpc) is 2.61. The maximum Gasteiger partial charge on any atom is 0.243 e. The number of hydrogen-bond acceptors (Lipinski definition) is 3. The number of benzene rings is 2. The van der Waals surface area contributed by atoms with Gasteiger partial charge in [-0.1, -0.05) is 11.6 Å². The largest absolute Gasteiger partial charge is 0.326 e. The van der Waals surface area contributed by atoms with Gasteiger partial charge in [0, 0.05) is 35.8 Å². The van der Waals surface area contributed by atoms with Gasteiger partial charge in [-0.05, 0) is 49.2 Å². The van der Waals surface area contributed by atoms with Crippen LogP contribution in [0.2, 0.25) is 5.02 Å². The molecule has 0 radical (unpaired) electrons. The van der Waals surface area contributed by atoms with Crippen molar-refractivity contribution >= 4 is 33.2 Å². The molecule has 1 heterocycles. The summed E-state index contributed by atoms with van der Waals surface area (Å²) in [5.41, 5.74) is 0.0358. The Balaban J connectivity index is 1.62. The third kappa shape index (κ3) is 4.63. The predicted octanol–water partition coefficient (Wildman–Crippen LogP) is 3.66. The van der Waals surface area contributed by atoms with Crippen molar-refractivity contribution in [2.45, 2.75) is 17.7 Å². The molecular formula is C18H17ClF2N2O3S. The number of halogens is 3. The van der Waals surface area contributed by atoms with E-state index in [1.54, 1.807) is 0 Å². The highest BCUT2D eigenvalue weighted by molar-refractivity contribution is 7.89. The monoisotopic (exact) mass is 414 g/mol. The van der Waals surface area contributed by atoms with E-state index in [0.717, 1.165) is 18.2 Å². The van der Waals surface area contributed by atoms with Crippen molar-refractivity contribution in [3.05, 3.63) is 59.1 Å². The van der Waals surface area contributed by atoms with E-state index in [9.17, 15) is 22.0 Å².